The SMILES string of the molecule is Cc1cc(C)c(C#N)c(C)c1. The molecule has 1 heteroatoms. The Hall–Kier alpha value is -1.29. The number of benzene rings is 1. The third-order valence-corrected chi connectivity index (χ3v) is 1.79. The third kappa shape index (κ3) is 1.40. The van der Waals surface area contributed by atoms with E-state index in [9.17, 15) is 0 Å². The summed E-state index contributed by atoms with van der Waals surface area (Å²) < 4.78 is 0. The van der Waals surface area contributed by atoms with E-state index in [1.807, 2.05) is 32.9 Å². The second-order valence-corrected chi connectivity index (χ2v) is 2.89. The molecule has 0 spiro atoms. The van der Waals surface area contributed by atoms with Crippen molar-refractivity contribution in [3.05, 3.63) is 34.4 Å². The molecular formula is C10H11N. The van der Waals surface area contributed by atoms with E-state index in [1.54, 1.807) is 0 Å². The maximum Gasteiger partial charge on any atom is 0.0997 e. The van der Waals surface area contributed by atoms with Gasteiger partial charge in [-0.2, -0.15) is 5.26 Å². The van der Waals surface area contributed by atoms with Crippen LogP contribution in [-0.2, 0) is 0 Å². The van der Waals surface area contributed by atoms with Crippen LogP contribution in [0.25, 0.3) is 0 Å². The molecule has 0 N–H and O–H groups in total. The molecule has 1 rings (SSSR count). The summed E-state index contributed by atoms with van der Waals surface area (Å²) >= 11 is 0. The minimum absolute atomic E-state index is 0.815. The van der Waals surface area contributed by atoms with E-state index in [-0.39, 0.29) is 0 Å². The van der Waals surface area contributed by atoms with Crippen LogP contribution >= 0.6 is 0 Å². The van der Waals surface area contributed by atoms with Crippen molar-refractivity contribution in [2.75, 3.05) is 0 Å². The second kappa shape index (κ2) is 2.75. The number of nitriles is 1. The van der Waals surface area contributed by atoms with E-state index in [1.165, 1.54) is 5.56 Å². The molecule has 56 valence electrons. The summed E-state index contributed by atoms with van der Waals surface area (Å²) in [6, 6.07) is 6.26. The Morgan fingerprint density at radius 3 is 1.91 bits per heavy atom. The van der Waals surface area contributed by atoms with Crippen LogP contribution in [0, 0.1) is 32.1 Å². The van der Waals surface area contributed by atoms with E-state index in [0.29, 0.717) is 0 Å². The molecule has 0 bridgehead atoms. The Morgan fingerprint density at radius 2 is 1.55 bits per heavy atom. The molecule has 1 aromatic carbocycles. The van der Waals surface area contributed by atoms with Crippen LogP contribution in [0.2, 0.25) is 0 Å². The molecular weight excluding hydrogens is 134 g/mol. The molecule has 0 radical (unpaired) electrons. The van der Waals surface area contributed by atoms with E-state index >= 15 is 0 Å². The molecule has 0 aliphatic carbocycles. The monoisotopic (exact) mass is 145 g/mol. The quantitative estimate of drug-likeness (QED) is 0.550. The van der Waals surface area contributed by atoms with Crippen LogP contribution in [-0.4, -0.2) is 0 Å². The molecule has 11 heavy (non-hydrogen) atoms. The molecule has 0 aromatic heterocycles. The van der Waals surface area contributed by atoms with Gasteiger partial charge in [-0.05, 0) is 31.9 Å². The van der Waals surface area contributed by atoms with Gasteiger partial charge in [0.25, 0.3) is 0 Å². The van der Waals surface area contributed by atoms with Crippen LogP contribution in [0.1, 0.15) is 22.3 Å². The van der Waals surface area contributed by atoms with Crippen molar-refractivity contribution in [1.29, 1.82) is 5.26 Å². The van der Waals surface area contributed by atoms with Crippen LogP contribution in [0.3, 0.4) is 0 Å². The molecule has 0 aliphatic rings. The summed E-state index contributed by atoms with van der Waals surface area (Å²) in [7, 11) is 0. The fourth-order valence-electron chi connectivity index (χ4n) is 1.36. The minimum Gasteiger partial charge on any atom is -0.192 e. The summed E-state index contributed by atoms with van der Waals surface area (Å²) in [5.74, 6) is 0. The molecule has 0 fully saturated rings. The number of rotatable bonds is 0. The van der Waals surface area contributed by atoms with Crippen LogP contribution in [0.4, 0.5) is 0 Å². The van der Waals surface area contributed by atoms with Crippen molar-refractivity contribution in [3.8, 4) is 6.07 Å². The summed E-state index contributed by atoms with van der Waals surface area (Å²) in [4.78, 5) is 0. The Labute approximate surface area is 67.3 Å². The lowest BCUT2D eigenvalue weighted by Crippen LogP contribution is -1.88. The molecule has 0 unspecified atom stereocenters. The fraction of sp³-hybridized carbons (Fsp3) is 0.300. The van der Waals surface area contributed by atoms with Gasteiger partial charge in [0.15, 0.2) is 0 Å². The minimum atomic E-state index is 0.815. The van der Waals surface area contributed by atoms with Gasteiger partial charge >= 0.3 is 0 Å². The van der Waals surface area contributed by atoms with Crippen molar-refractivity contribution >= 4 is 0 Å². The standard InChI is InChI=1S/C10H11N/c1-7-4-8(2)10(6-11)9(3)5-7/h4-5H,1-3H3. The van der Waals surface area contributed by atoms with Crippen molar-refractivity contribution in [2.24, 2.45) is 0 Å². The van der Waals surface area contributed by atoms with Crippen LogP contribution in [0.15, 0.2) is 12.1 Å². The highest BCUT2D eigenvalue weighted by Gasteiger charge is 2.00. The zero-order chi connectivity index (χ0) is 8.43. The van der Waals surface area contributed by atoms with Crippen molar-refractivity contribution in [1.82, 2.24) is 0 Å². The molecule has 1 nitrogen and oxygen atoms in total. The maximum atomic E-state index is 8.74. The van der Waals surface area contributed by atoms with Gasteiger partial charge in [-0.1, -0.05) is 17.7 Å². The van der Waals surface area contributed by atoms with Crippen molar-refractivity contribution in [2.45, 2.75) is 20.8 Å². The molecule has 0 saturated heterocycles. The molecule has 0 aliphatic heterocycles. The van der Waals surface area contributed by atoms with Gasteiger partial charge in [0, 0.05) is 0 Å². The zero-order valence-electron chi connectivity index (χ0n) is 7.10. The third-order valence-electron chi connectivity index (χ3n) is 1.79. The van der Waals surface area contributed by atoms with Gasteiger partial charge in [0.2, 0.25) is 0 Å². The van der Waals surface area contributed by atoms with Gasteiger partial charge in [0.1, 0.15) is 0 Å². The molecule has 1 aromatic rings. The fourth-order valence-corrected chi connectivity index (χ4v) is 1.36. The summed E-state index contributed by atoms with van der Waals surface area (Å²) in [5.41, 5.74) is 4.18. The highest BCUT2D eigenvalue weighted by Crippen LogP contribution is 2.14. The highest BCUT2D eigenvalue weighted by molar-refractivity contribution is 5.45. The summed E-state index contributed by atoms with van der Waals surface area (Å²) in [6.07, 6.45) is 0. The van der Waals surface area contributed by atoms with Gasteiger partial charge in [-0.25, -0.2) is 0 Å². The van der Waals surface area contributed by atoms with Crippen molar-refractivity contribution in [3.63, 3.8) is 0 Å². The van der Waals surface area contributed by atoms with E-state index < -0.39 is 0 Å². The lowest BCUT2D eigenvalue weighted by molar-refractivity contribution is 1.28. The number of hydrogen-bond donors (Lipinski definition) is 0. The van der Waals surface area contributed by atoms with Gasteiger partial charge < -0.3 is 0 Å². The van der Waals surface area contributed by atoms with Gasteiger partial charge in [-0.15, -0.1) is 0 Å². The molecule has 0 amide bonds. The normalized spacial score (nSPS) is 9.27. The predicted molar refractivity (Wildman–Crippen MR) is 45.4 cm³/mol. The molecule has 0 atom stereocenters. The van der Waals surface area contributed by atoms with E-state index in [4.69, 9.17) is 5.26 Å². The largest absolute Gasteiger partial charge is 0.192 e. The number of nitrogens with zero attached hydrogens (tertiary/aromatic N) is 1. The van der Waals surface area contributed by atoms with E-state index in [2.05, 4.69) is 6.07 Å². The zero-order valence-corrected chi connectivity index (χ0v) is 7.10. The topological polar surface area (TPSA) is 23.8 Å². The second-order valence-electron chi connectivity index (χ2n) is 2.89. The first-order chi connectivity index (χ1) is 5.15. The Kier molecular flexibility index (Phi) is 1.96. The summed E-state index contributed by atoms with van der Waals surface area (Å²) in [5, 5.41) is 8.74. The highest BCUT2D eigenvalue weighted by atomic mass is 14.2. The Balaban J connectivity index is 3.40. The van der Waals surface area contributed by atoms with E-state index in [0.717, 1.165) is 16.7 Å². The Bertz CT molecular complexity index is 295. The summed E-state index contributed by atoms with van der Waals surface area (Å²) in [6.45, 7) is 5.98. The number of aryl methyl sites for hydroxylation is 3. The Morgan fingerprint density at radius 1 is 1.09 bits per heavy atom. The lowest BCUT2D eigenvalue weighted by atomic mass is 10.0. The first kappa shape index (κ1) is 7.81. The number of hydrogen-bond acceptors (Lipinski definition) is 1. The van der Waals surface area contributed by atoms with Crippen molar-refractivity contribution < 1.29 is 0 Å². The van der Waals surface area contributed by atoms with Gasteiger partial charge in [0.05, 0.1) is 11.6 Å². The average Bonchev–Trinajstić information content (AvgIpc) is 1.85. The predicted octanol–water partition coefficient (Wildman–Crippen LogP) is 2.48. The molecule has 0 saturated carbocycles. The van der Waals surface area contributed by atoms with Crippen LogP contribution in [0.5, 0.6) is 0 Å². The first-order valence-electron chi connectivity index (χ1n) is 3.63. The maximum absolute atomic E-state index is 8.74. The van der Waals surface area contributed by atoms with Gasteiger partial charge in [-0.3, -0.25) is 0 Å². The lowest BCUT2D eigenvalue weighted by Gasteiger charge is -2.02. The average molecular weight is 145 g/mol. The molecule has 0 heterocycles. The van der Waals surface area contributed by atoms with Crippen LogP contribution < -0.4 is 0 Å². The smallest absolute Gasteiger partial charge is 0.0997 e. The first-order valence-corrected chi connectivity index (χ1v) is 3.63.